The molecule has 1 N–H and O–H groups in total. The zero-order valence-electron chi connectivity index (χ0n) is 15.3. The summed E-state index contributed by atoms with van der Waals surface area (Å²) in [4.78, 5) is 30.7. The molecule has 148 valence electrons. The largest absolute Gasteiger partial charge is 0.355 e. The van der Waals surface area contributed by atoms with Crippen LogP contribution in [-0.4, -0.2) is 52.2 Å². The maximum atomic E-state index is 13.3. The van der Waals surface area contributed by atoms with Crippen molar-refractivity contribution < 1.29 is 23.2 Å². The average molecular weight is 388 g/mol. The van der Waals surface area contributed by atoms with Gasteiger partial charge in [-0.3, -0.25) is 9.59 Å². The lowest BCUT2D eigenvalue weighted by Crippen LogP contribution is -2.39. The quantitative estimate of drug-likeness (QED) is 0.837. The van der Waals surface area contributed by atoms with E-state index in [1.54, 1.807) is 17.0 Å². The van der Waals surface area contributed by atoms with E-state index in [-0.39, 0.29) is 30.1 Å². The maximum Gasteiger partial charge on any atom is 0.258 e. The molecular weight excluding hydrogens is 367 g/mol. The van der Waals surface area contributed by atoms with Gasteiger partial charge in [0.05, 0.1) is 6.54 Å². The van der Waals surface area contributed by atoms with Crippen LogP contribution in [0.2, 0.25) is 0 Å². The number of benzene rings is 1. The number of carbonyl (C=O) groups is 2. The van der Waals surface area contributed by atoms with Crippen LogP contribution >= 0.6 is 0 Å². The van der Waals surface area contributed by atoms with Crippen molar-refractivity contribution in [2.75, 3.05) is 13.1 Å². The molecule has 0 aliphatic carbocycles. The van der Waals surface area contributed by atoms with Crippen molar-refractivity contribution in [3.63, 3.8) is 0 Å². The Labute approximate surface area is 161 Å². The van der Waals surface area contributed by atoms with Crippen LogP contribution in [0.25, 0.3) is 11.5 Å². The first kappa shape index (κ1) is 18.5. The van der Waals surface area contributed by atoms with E-state index in [4.69, 9.17) is 9.26 Å². The number of rotatable bonds is 5. The molecule has 0 radical (unpaired) electrons. The normalized spacial score (nSPS) is 21.8. The van der Waals surface area contributed by atoms with E-state index in [1.165, 1.54) is 12.1 Å². The van der Waals surface area contributed by atoms with Gasteiger partial charge in [0.15, 0.2) is 5.82 Å². The van der Waals surface area contributed by atoms with Gasteiger partial charge < -0.3 is 19.5 Å². The van der Waals surface area contributed by atoms with Gasteiger partial charge >= 0.3 is 0 Å². The summed E-state index contributed by atoms with van der Waals surface area (Å²) < 4.78 is 24.1. The van der Waals surface area contributed by atoms with Gasteiger partial charge in [-0.15, -0.1) is 0 Å². The number of aromatic nitrogens is 2. The second-order valence-corrected chi connectivity index (χ2v) is 6.97. The zero-order valence-corrected chi connectivity index (χ0v) is 15.3. The topological polar surface area (TPSA) is 97.6 Å². The fourth-order valence-corrected chi connectivity index (χ4v) is 3.50. The summed E-state index contributed by atoms with van der Waals surface area (Å²) in [5.41, 5.74) is 0.465. The number of nitrogens with one attached hydrogen (secondary N) is 1. The maximum absolute atomic E-state index is 13.3. The van der Waals surface area contributed by atoms with E-state index >= 15 is 0 Å². The van der Waals surface area contributed by atoms with Crippen molar-refractivity contribution in [3.05, 3.63) is 35.9 Å². The van der Waals surface area contributed by atoms with Crippen LogP contribution in [0.4, 0.5) is 4.39 Å². The van der Waals surface area contributed by atoms with Gasteiger partial charge in [-0.05, 0) is 43.9 Å². The summed E-state index contributed by atoms with van der Waals surface area (Å²) >= 11 is 0. The number of amides is 2. The second-order valence-electron chi connectivity index (χ2n) is 6.97. The summed E-state index contributed by atoms with van der Waals surface area (Å²) in [6.07, 6.45) is 1.87. The molecule has 0 spiro atoms. The molecule has 0 bridgehead atoms. The first-order valence-corrected chi connectivity index (χ1v) is 9.40. The van der Waals surface area contributed by atoms with E-state index in [1.807, 2.05) is 0 Å². The van der Waals surface area contributed by atoms with Crippen LogP contribution in [-0.2, 0) is 20.9 Å². The average Bonchev–Trinajstić information content (AvgIpc) is 3.47. The van der Waals surface area contributed by atoms with Crippen LogP contribution < -0.4 is 5.32 Å². The van der Waals surface area contributed by atoms with Crippen LogP contribution in [0.5, 0.6) is 0 Å². The molecule has 2 saturated heterocycles. The molecule has 28 heavy (non-hydrogen) atoms. The Morgan fingerprint density at radius 3 is 2.79 bits per heavy atom. The third-order valence-corrected chi connectivity index (χ3v) is 4.97. The van der Waals surface area contributed by atoms with Crippen molar-refractivity contribution in [3.8, 4) is 11.5 Å². The van der Waals surface area contributed by atoms with Gasteiger partial charge in [-0.1, -0.05) is 11.2 Å². The van der Waals surface area contributed by atoms with Crippen LogP contribution in [0.15, 0.2) is 28.8 Å². The smallest absolute Gasteiger partial charge is 0.258 e. The molecule has 9 heteroatoms. The summed E-state index contributed by atoms with van der Waals surface area (Å²) in [5, 5.41) is 6.49. The monoisotopic (exact) mass is 388 g/mol. The number of nitrogens with zero attached hydrogens (tertiary/aromatic N) is 3. The minimum atomic E-state index is -0.661. The Kier molecular flexibility index (Phi) is 5.34. The third kappa shape index (κ3) is 4.04. The van der Waals surface area contributed by atoms with Crippen molar-refractivity contribution in [2.45, 2.75) is 44.4 Å². The Morgan fingerprint density at radius 2 is 2.00 bits per heavy atom. The zero-order chi connectivity index (χ0) is 19.5. The summed E-state index contributed by atoms with van der Waals surface area (Å²) in [6, 6.07) is 5.82. The van der Waals surface area contributed by atoms with E-state index in [0.717, 1.165) is 25.9 Å². The summed E-state index contributed by atoms with van der Waals surface area (Å²) in [6.45, 7) is 1.59. The highest BCUT2D eigenvalue weighted by molar-refractivity contribution is 5.85. The number of hydrogen-bond acceptors (Lipinski definition) is 6. The van der Waals surface area contributed by atoms with Gasteiger partial charge in [0.2, 0.25) is 5.91 Å². The van der Waals surface area contributed by atoms with E-state index < -0.39 is 18.0 Å². The first-order chi connectivity index (χ1) is 13.6. The molecule has 0 unspecified atom stereocenters. The molecule has 8 nitrogen and oxygen atoms in total. The summed E-state index contributed by atoms with van der Waals surface area (Å²) in [7, 11) is 0. The molecule has 1 aromatic carbocycles. The Hall–Kier alpha value is -2.81. The predicted molar refractivity (Wildman–Crippen MR) is 95.2 cm³/mol. The molecule has 3 heterocycles. The highest BCUT2D eigenvalue weighted by Crippen LogP contribution is 2.23. The highest BCUT2D eigenvalue weighted by atomic mass is 19.1. The van der Waals surface area contributed by atoms with Crippen molar-refractivity contribution in [1.29, 1.82) is 0 Å². The fourth-order valence-electron chi connectivity index (χ4n) is 3.50. The fraction of sp³-hybridized carbons (Fsp3) is 0.474. The van der Waals surface area contributed by atoms with Crippen LogP contribution in [0.3, 0.4) is 0 Å². The second kappa shape index (κ2) is 8.05. The molecule has 0 saturated carbocycles. The van der Waals surface area contributed by atoms with E-state index in [2.05, 4.69) is 15.5 Å². The lowest BCUT2D eigenvalue weighted by atomic mass is 10.1. The highest BCUT2D eigenvalue weighted by Gasteiger charge is 2.37. The number of ether oxygens (including phenoxy) is 1. The van der Waals surface area contributed by atoms with Crippen molar-refractivity contribution in [2.24, 2.45) is 0 Å². The minimum absolute atomic E-state index is 0.0225. The Bertz CT molecular complexity index is 865. The summed E-state index contributed by atoms with van der Waals surface area (Å²) in [5.74, 6) is -0.283. The lowest BCUT2D eigenvalue weighted by Gasteiger charge is -2.20. The third-order valence-electron chi connectivity index (χ3n) is 4.97. The van der Waals surface area contributed by atoms with Gasteiger partial charge in [-0.2, -0.15) is 4.98 Å². The molecule has 4 rings (SSSR count). The Balaban J connectivity index is 1.28. The van der Waals surface area contributed by atoms with Gasteiger partial charge in [0.1, 0.15) is 18.0 Å². The van der Waals surface area contributed by atoms with E-state index in [9.17, 15) is 14.0 Å². The number of carbonyl (C=O) groups excluding carboxylic acids is 2. The molecule has 2 fully saturated rings. The van der Waals surface area contributed by atoms with Gasteiger partial charge in [-0.25, -0.2) is 4.39 Å². The molecule has 2 aliphatic heterocycles. The minimum Gasteiger partial charge on any atom is -0.355 e. The SMILES string of the molecule is O=C(NCc1noc(-c2cccc(F)c2)n1)[C@@H]1CC[C@H](C(=O)N2CCCC2)O1. The molecule has 2 amide bonds. The van der Waals surface area contributed by atoms with Gasteiger partial charge in [0.25, 0.3) is 11.8 Å². The van der Waals surface area contributed by atoms with Crippen molar-refractivity contribution in [1.82, 2.24) is 20.4 Å². The van der Waals surface area contributed by atoms with E-state index in [0.29, 0.717) is 18.4 Å². The standard InChI is InChI=1S/C19H21FN4O4/c20-13-5-3-4-12(10-13)18-22-16(23-28-18)11-21-17(25)14-6-7-15(27-14)19(26)24-8-1-2-9-24/h3-5,10,14-15H,1-2,6-9,11H2,(H,21,25)/t14-,15+/m0/s1. The first-order valence-electron chi connectivity index (χ1n) is 9.40. The molecule has 2 aromatic rings. The Morgan fingerprint density at radius 1 is 1.21 bits per heavy atom. The van der Waals surface area contributed by atoms with Crippen molar-refractivity contribution >= 4 is 11.8 Å². The van der Waals surface area contributed by atoms with Crippen LogP contribution in [0.1, 0.15) is 31.5 Å². The van der Waals surface area contributed by atoms with Crippen LogP contribution in [0, 0.1) is 5.82 Å². The molecule has 2 aliphatic rings. The number of likely N-dealkylation sites (tertiary alicyclic amines) is 1. The lowest BCUT2D eigenvalue weighted by molar-refractivity contribution is -0.145. The van der Waals surface area contributed by atoms with Gasteiger partial charge in [0, 0.05) is 18.7 Å². The number of halogens is 1. The number of hydrogen-bond donors (Lipinski definition) is 1. The molecular formula is C19H21FN4O4. The predicted octanol–water partition coefficient (Wildman–Crippen LogP) is 1.66. The molecule has 1 aromatic heterocycles. The molecule has 2 atom stereocenters.